The molecule has 1 unspecified atom stereocenters. The Balaban J connectivity index is 1.40. The Morgan fingerprint density at radius 3 is 2.55 bits per heavy atom. The molecule has 5 rings (SSSR count). The highest BCUT2D eigenvalue weighted by molar-refractivity contribution is 7.99. The van der Waals surface area contributed by atoms with Gasteiger partial charge in [0.2, 0.25) is 0 Å². The van der Waals surface area contributed by atoms with E-state index in [4.69, 9.17) is 16.6 Å². The summed E-state index contributed by atoms with van der Waals surface area (Å²) in [6.45, 7) is 3.45. The number of carboxylic acid groups (broad SMARTS) is 1. The summed E-state index contributed by atoms with van der Waals surface area (Å²) in [4.78, 5) is 16.2. The van der Waals surface area contributed by atoms with E-state index in [2.05, 4.69) is 12.1 Å². The Morgan fingerprint density at radius 2 is 1.81 bits per heavy atom. The van der Waals surface area contributed by atoms with Crippen molar-refractivity contribution in [2.45, 2.75) is 56.5 Å². The molecule has 1 aromatic heterocycles. The third-order valence-electron chi connectivity index (χ3n) is 7.89. The standard InChI is InChI=1S/C35H36ClNO4S/c1-34(2,41)29-9-4-3-8-28(29)31(38)20-32(42-22-35(16-17-35)21-33(39)40)25-7-5-6-23(18-25)10-14-27-15-12-24-11-13-26(36)19-30(24)37-27/h3-15,18-19,31-32,38,41H,16-17,20-22H2,1-2H3,(H,39,40)/b14-10+/t31?,32-/m1/s1. The summed E-state index contributed by atoms with van der Waals surface area (Å²) in [7, 11) is 0. The van der Waals surface area contributed by atoms with E-state index in [-0.39, 0.29) is 17.1 Å². The van der Waals surface area contributed by atoms with Crippen molar-refractivity contribution >= 4 is 52.4 Å². The molecule has 42 heavy (non-hydrogen) atoms. The highest BCUT2D eigenvalue weighted by atomic mass is 35.5. The van der Waals surface area contributed by atoms with Crippen molar-refractivity contribution in [1.82, 2.24) is 4.98 Å². The summed E-state index contributed by atoms with van der Waals surface area (Å²) < 4.78 is 0. The summed E-state index contributed by atoms with van der Waals surface area (Å²) in [5.74, 6) is -0.0477. The minimum Gasteiger partial charge on any atom is -0.481 e. The van der Waals surface area contributed by atoms with Crippen molar-refractivity contribution in [3.8, 4) is 0 Å². The van der Waals surface area contributed by atoms with Crippen LogP contribution in [0.1, 0.15) is 78.8 Å². The van der Waals surface area contributed by atoms with Gasteiger partial charge in [0.15, 0.2) is 0 Å². The number of aliphatic hydroxyl groups is 2. The molecule has 0 bridgehead atoms. The van der Waals surface area contributed by atoms with Gasteiger partial charge in [0, 0.05) is 21.4 Å². The number of pyridine rings is 1. The van der Waals surface area contributed by atoms with Crippen LogP contribution < -0.4 is 0 Å². The van der Waals surface area contributed by atoms with Gasteiger partial charge in [-0.15, -0.1) is 0 Å². The largest absolute Gasteiger partial charge is 0.481 e. The fraction of sp³-hybridized carbons (Fsp3) is 0.314. The topological polar surface area (TPSA) is 90.7 Å². The molecule has 7 heteroatoms. The number of hydrogen-bond donors (Lipinski definition) is 3. The van der Waals surface area contributed by atoms with Gasteiger partial charge in [0.25, 0.3) is 0 Å². The van der Waals surface area contributed by atoms with Crippen LogP contribution in [0.4, 0.5) is 0 Å². The zero-order valence-corrected chi connectivity index (χ0v) is 25.4. The highest BCUT2D eigenvalue weighted by Crippen LogP contribution is 2.54. The van der Waals surface area contributed by atoms with Gasteiger partial charge in [-0.3, -0.25) is 4.79 Å². The van der Waals surface area contributed by atoms with Gasteiger partial charge in [0.05, 0.1) is 29.3 Å². The van der Waals surface area contributed by atoms with Gasteiger partial charge in [-0.1, -0.05) is 78.3 Å². The summed E-state index contributed by atoms with van der Waals surface area (Å²) in [6.07, 6.45) is 5.63. The second-order valence-electron chi connectivity index (χ2n) is 11.8. The molecular weight excluding hydrogens is 566 g/mol. The number of carbonyl (C=O) groups is 1. The predicted octanol–water partition coefficient (Wildman–Crippen LogP) is 8.44. The van der Waals surface area contributed by atoms with Crippen LogP contribution in [-0.4, -0.2) is 32.0 Å². The van der Waals surface area contributed by atoms with Crippen LogP contribution in [-0.2, 0) is 10.4 Å². The van der Waals surface area contributed by atoms with Crippen LogP contribution in [0, 0.1) is 5.41 Å². The number of fused-ring (bicyclic) bond motifs is 1. The monoisotopic (exact) mass is 601 g/mol. The molecule has 0 amide bonds. The lowest BCUT2D eigenvalue weighted by atomic mass is 9.88. The van der Waals surface area contributed by atoms with Gasteiger partial charge in [0.1, 0.15) is 0 Å². The third-order valence-corrected chi connectivity index (χ3v) is 9.78. The molecule has 0 saturated heterocycles. The maximum atomic E-state index is 11.5. The quantitative estimate of drug-likeness (QED) is 0.151. The van der Waals surface area contributed by atoms with E-state index < -0.39 is 17.7 Å². The number of hydrogen-bond acceptors (Lipinski definition) is 5. The average Bonchev–Trinajstić information content (AvgIpc) is 3.72. The molecule has 1 fully saturated rings. The maximum Gasteiger partial charge on any atom is 0.303 e. The number of rotatable bonds is 12. The minimum atomic E-state index is -1.09. The molecule has 1 aliphatic rings. The fourth-order valence-electron chi connectivity index (χ4n) is 5.37. The van der Waals surface area contributed by atoms with Crippen LogP contribution in [0.3, 0.4) is 0 Å². The van der Waals surface area contributed by atoms with Crippen molar-refractivity contribution in [1.29, 1.82) is 0 Å². The van der Waals surface area contributed by atoms with Crippen LogP contribution in [0.2, 0.25) is 5.02 Å². The molecule has 3 aromatic carbocycles. The normalized spacial score (nSPS) is 16.0. The molecule has 0 spiro atoms. The minimum absolute atomic E-state index is 0.0737. The van der Waals surface area contributed by atoms with Crippen molar-refractivity contribution in [3.05, 3.63) is 112 Å². The average molecular weight is 602 g/mol. The molecule has 3 N–H and O–H groups in total. The number of halogens is 1. The molecule has 218 valence electrons. The number of thioether (sulfide) groups is 1. The number of aliphatic hydroxyl groups excluding tert-OH is 1. The first kappa shape index (κ1) is 30.3. The maximum absolute atomic E-state index is 11.5. The Hall–Kier alpha value is -3.16. The van der Waals surface area contributed by atoms with E-state index in [9.17, 15) is 20.1 Å². The lowest BCUT2D eigenvalue weighted by Crippen LogP contribution is -2.20. The number of aromatic nitrogens is 1. The van der Waals surface area contributed by atoms with E-state index in [1.165, 1.54) is 0 Å². The number of carboxylic acids is 1. The molecule has 2 atom stereocenters. The molecule has 0 aliphatic heterocycles. The molecule has 4 aromatic rings. The number of aliphatic carboxylic acids is 1. The Bertz CT molecular complexity index is 1610. The second-order valence-corrected chi connectivity index (χ2v) is 13.5. The van der Waals surface area contributed by atoms with E-state index >= 15 is 0 Å². The molecule has 0 radical (unpaired) electrons. The van der Waals surface area contributed by atoms with Crippen LogP contribution in [0.25, 0.3) is 23.1 Å². The third kappa shape index (κ3) is 7.61. The smallest absolute Gasteiger partial charge is 0.303 e. The highest BCUT2D eigenvalue weighted by Gasteiger charge is 2.44. The Kier molecular flexibility index (Phi) is 9.09. The van der Waals surface area contributed by atoms with E-state index in [0.717, 1.165) is 40.6 Å². The Morgan fingerprint density at radius 1 is 1.05 bits per heavy atom. The van der Waals surface area contributed by atoms with E-state index in [0.29, 0.717) is 28.3 Å². The van der Waals surface area contributed by atoms with Gasteiger partial charge in [-0.05, 0) is 85.1 Å². The zero-order valence-electron chi connectivity index (χ0n) is 23.8. The van der Waals surface area contributed by atoms with Crippen molar-refractivity contribution in [3.63, 3.8) is 0 Å². The first-order valence-corrected chi connectivity index (χ1v) is 15.6. The van der Waals surface area contributed by atoms with E-state index in [1.807, 2.05) is 78.9 Å². The summed E-state index contributed by atoms with van der Waals surface area (Å²) in [5.41, 5.74) is 3.87. The van der Waals surface area contributed by atoms with Gasteiger partial charge in [-0.2, -0.15) is 11.8 Å². The second kappa shape index (κ2) is 12.6. The molecule has 1 saturated carbocycles. The first-order chi connectivity index (χ1) is 20.0. The molecule has 5 nitrogen and oxygen atoms in total. The first-order valence-electron chi connectivity index (χ1n) is 14.2. The van der Waals surface area contributed by atoms with Crippen molar-refractivity contribution in [2.75, 3.05) is 5.75 Å². The summed E-state index contributed by atoms with van der Waals surface area (Å²) in [6, 6.07) is 25.4. The number of nitrogens with zero attached hydrogens (tertiary/aromatic N) is 1. The fourth-order valence-corrected chi connectivity index (χ4v) is 7.13. The SMILES string of the molecule is CC(C)(O)c1ccccc1C(O)C[C@@H](SCC1(CC(=O)O)CC1)c1cccc(/C=C/c2ccc3ccc(Cl)cc3n2)c1. The van der Waals surface area contributed by atoms with Crippen LogP contribution in [0.5, 0.6) is 0 Å². The van der Waals surface area contributed by atoms with E-state index in [1.54, 1.807) is 25.6 Å². The molecule has 1 aliphatic carbocycles. The molecule has 1 heterocycles. The van der Waals surface area contributed by atoms with Gasteiger partial charge in [-0.25, -0.2) is 4.98 Å². The van der Waals surface area contributed by atoms with Crippen LogP contribution >= 0.6 is 23.4 Å². The van der Waals surface area contributed by atoms with Crippen molar-refractivity contribution < 1.29 is 20.1 Å². The lowest BCUT2D eigenvalue weighted by Gasteiger charge is -2.27. The Labute approximate surface area is 256 Å². The van der Waals surface area contributed by atoms with Gasteiger partial charge < -0.3 is 15.3 Å². The number of benzene rings is 3. The van der Waals surface area contributed by atoms with Crippen LogP contribution in [0.15, 0.2) is 78.9 Å². The van der Waals surface area contributed by atoms with Crippen molar-refractivity contribution in [2.24, 2.45) is 5.41 Å². The predicted molar refractivity (Wildman–Crippen MR) is 173 cm³/mol. The van der Waals surface area contributed by atoms with Gasteiger partial charge >= 0.3 is 5.97 Å². The summed E-state index contributed by atoms with van der Waals surface area (Å²) in [5, 5.41) is 33.3. The lowest BCUT2D eigenvalue weighted by molar-refractivity contribution is -0.138. The molecular formula is C35H36ClNO4S. The summed E-state index contributed by atoms with van der Waals surface area (Å²) >= 11 is 7.87. The zero-order chi connectivity index (χ0) is 29.9.